The molecule has 0 aliphatic rings. The second kappa shape index (κ2) is 5.98. The van der Waals surface area contributed by atoms with Crippen LogP contribution in [0.4, 0.5) is 8.78 Å². The van der Waals surface area contributed by atoms with Crippen molar-refractivity contribution in [2.24, 2.45) is 0 Å². The molecule has 1 heterocycles. The first-order chi connectivity index (χ1) is 9.02. The Balaban J connectivity index is 2.45. The lowest BCUT2D eigenvalue weighted by Crippen LogP contribution is -1.98. The van der Waals surface area contributed by atoms with Crippen LogP contribution in [-0.2, 0) is 5.88 Å². The molecule has 1 aromatic heterocycles. The molecule has 2 rings (SSSR count). The lowest BCUT2D eigenvalue weighted by atomic mass is 10.3. The van der Waals surface area contributed by atoms with Crippen LogP contribution in [0.25, 0.3) is 0 Å². The second-order valence-corrected chi connectivity index (χ2v) is 4.92. The summed E-state index contributed by atoms with van der Waals surface area (Å²) < 4.78 is 32.3. The normalized spacial score (nSPS) is 10.6. The fraction of sp³-hybridized carbons (Fsp3) is 0.0909. The van der Waals surface area contributed by atoms with E-state index in [1.807, 2.05) is 0 Å². The molecule has 3 nitrogen and oxygen atoms in total. The Morgan fingerprint density at radius 2 is 2.00 bits per heavy atom. The molecule has 1 aromatic carbocycles. The minimum absolute atomic E-state index is 0.0207. The number of benzene rings is 1. The number of ether oxygens (including phenoxy) is 1. The Bertz CT molecular complexity index is 628. The molecule has 0 fully saturated rings. The highest BCUT2D eigenvalue weighted by Crippen LogP contribution is 2.32. The topological polar surface area (TPSA) is 35.0 Å². The summed E-state index contributed by atoms with van der Waals surface area (Å²) in [5, 5.41) is 0.0934. The van der Waals surface area contributed by atoms with Crippen LogP contribution in [0.5, 0.6) is 11.6 Å². The number of rotatable bonds is 3. The summed E-state index contributed by atoms with van der Waals surface area (Å²) in [6.45, 7) is 0. The van der Waals surface area contributed by atoms with E-state index >= 15 is 0 Å². The number of hydrogen-bond donors (Lipinski definition) is 0. The predicted octanol–water partition coefficient (Wildman–Crippen LogP) is 4.70. The largest absolute Gasteiger partial charge is 0.435 e. The molecule has 0 bridgehead atoms. The van der Waals surface area contributed by atoms with Crippen molar-refractivity contribution in [3.05, 3.63) is 45.3 Å². The molecule has 0 saturated carbocycles. The Morgan fingerprint density at radius 3 is 2.68 bits per heavy atom. The predicted molar refractivity (Wildman–Crippen MR) is 70.7 cm³/mol. The van der Waals surface area contributed by atoms with Gasteiger partial charge in [-0.05, 0) is 12.1 Å². The van der Waals surface area contributed by atoms with Gasteiger partial charge in [0.25, 0.3) is 0 Å². The highest BCUT2D eigenvalue weighted by Gasteiger charge is 2.16. The van der Waals surface area contributed by atoms with Gasteiger partial charge >= 0.3 is 0 Å². The third-order valence-electron chi connectivity index (χ3n) is 2.15. The lowest BCUT2D eigenvalue weighted by Gasteiger charge is -2.10. The Hall–Kier alpha value is -0.980. The zero-order valence-electron chi connectivity index (χ0n) is 9.13. The highest BCUT2D eigenvalue weighted by atomic mass is 79.9. The summed E-state index contributed by atoms with van der Waals surface area (Å²) in [6.07, 6.45) is 1.14. The number of alkyl halides is 1. The lowest BCUT2D eigenvalue weighted by molar-refractivity contribution is 0.401. The van der Waals surface area contributed by atoms with Crippen LogP contribution in [0.15, 0.2) is 22.9 Å². The number of aromatic nitrogens is 2. The van der Waals surface area contributed by atoms with Gasteiger partial charge in [0.1, 0.15) is 11.5 Å². The van der Waals surface area contributed by atoms with Crippen molar-refractivity contribution < 1.29 is 13.5 Å². The van der Waals surface area contributed by atoms with Crippen molar-refractivity contribution in [3.63, 3.8) is 0 Å². The first kappa shape index (κ1) is 14.4. The standard InChI is InChI=1S/C11H5BrCl2F2N2O/c12-5-1-7(15)9(16)8(2-5)19-11-6(3-13)10(14)17-4-18-11/h1-2,4H,3H2. The van der Waals surface area contributed by atoms with E-state index in [1.54, 1.807) is 0 Å². The van der Waals surface area contributed by atoms with E-state index in [9.17, 15) is 8.78 Å². The summed E-state index contributed by atoms with van der Waals surface area (Å²) in [6, 6.07) is 2.25. The molecule has 0 unspecified atom stereocenters. The van der Waals surface area contributed by atoms with Crippen molar-refractivity contribution in [2.45, 2.75) is 5.88 Å². The van der Waals surface area contributed by atoms with Crippen LogP contribution in [0, 0.1) is 11.6 Å². The van der Waals surface area contributed by atoms with Gasteiger partial charge in [-0.25, -0.2) is 14.4 Å². The molecular formula is C11H5BrCl2F2N2O. The molecule has 0 amide bonds. The molecule has 0 radical (unpaired) electrons. The molecular weight excluding hydrogens is 365 g/mol. The van der Waals surface area contributed by atoms with Crippen LogP contribution in [0.3, 0.4) is 0 Å². The van der Waals surface area contributed by atoms with E-state index in [2.05, 4.69) is 25.9 Å². The van der Waals surface area contributed by atoms with Crippen molar-refractivity contribution in [2.75, 3.05) is 0 Å². The van der Waals surface area contributed by atoms with E-state index in [0.717, 1.165) is 12.4 Å². The molecule has 0 N–H and O–H groups in total. The van der Waals surface area contributed by atoms with Crippen LogP contribution < -0.4 is 4.74 Å². The molecule has 100 valence electrons. The average molecular weight is 370 g/mol. The molecule has 0 spiro atoms. The van der Waals surface area contributed by atoms with E-state index in [1.165, 1.54) is 6.07 Å². The summed E-state index contributed by atoms with van der Waals surface area (Å²) in [5.74, 6) is -2.54. The van der Waals surface area contributed by atoms with Crippen molar-refractivity contribution in [1.29, 1.82) is 0 Å². The van der Waals surface area contributed by atoms with E-state index in [-0.39, 0.29) is 22.7 Å². The Kier molecular flexibility index (Phi) is 4.54. The van der Waals surface area contributed by atoms with Crippen LogP contribution in [-0.4, -0.2) is 9.97 Å². The van der Waals surface area contributed by atoms with Crippen molar-refractivity contribution in [3.8, 4) is 11.6 Å². The van der Waals surface area contributed by atoms with Gasteiger partial charge in [0.05, 0.1) is 11.4 Å². The molecule has 0 aliphatic carbocycles. The highest BCUT2D eigenvalue weighted by molar-refractivity contribution is 9.10. The molecule has 19 heavy (non-hydrogen) atoms. The van der Waals surface area contributed by atoms with Gasteiger partial charge < -0.3 is 4.74 Å². The maximum atomic E-state index is 13.6. The molecule has 0 aliphatic heterocycles. The van der Waals surface area contributed by atoms with E-state index < -0.39 is 11.6 Å². The minimum atomic E-state index is -1.13. The number of halogens is 5. The summed E-state index contributed by atoms with van der Waals surface area (Å²) >= 11 is 14.5. The van der Waals surface area contributed by atoms with E-state index in [4.69, 9.17) is 27.9 Å². The zero-order chi connectivity index (χ0) is 14.0. The Labute approximate surface area is 125 Å². The smallest absolute Gasteiger partial charge is 0.228 e. The van der Waals surface area contributed by atoms with Crippen molar-refractivity contribution in [1.82, 2.24) is 9.97 Å². The SMILES string of the molecule is Fc1cc(Br)cc(Oc2ncnc(Cl)c2CCl)c1F. The fourth-order valence-electron chi connectivity index (χ4n) is 1.29. The first-order valence-electron chi connectivity index (χ1n) is 4.90. The van der Waals surface area contributed by atoms with E-state index in [0.29, 0.717) is 10.0 Å². The third-order valence-corrected chi connectivity index (χ3v) is 3.20. The minimum Gasteiger partial charge on any atom is -0.435 e. The first-order valence-corrected chi connectivity index (χ1v) is 6.61. The maximum Gasteiger partial charge on any atom is 0.228 e. The van der Waals surface area contributed by atoms with Gasteiger partial charge in [-0.2, -0.15) is 4.39 Å². The van der Waals surface area contributed by atoms with Gasteiger partial charge in [0, 0.05) is 4.47 Å². The van der Waals surface area contributed by atoms with Crippen LogP contribution in [0.2, 0.25) is 5.15 Å². The summed E-state index contributed by atoms with van der Waals surface area (Å²) in [4.78, 5) is 7.52. The third kappa shape index (κ3) is 3.13. The van der Waals surface area contributed by atoms with Crippen molar-refractivity contribution >= 4 is 39.1 Å². The molecule has 2 aromatic rings. The average Bonchev–Trinajstić information content (AvgIpc) is 2.35. The van der Waals surface area contributed by atoms with Gasteiger partial charge in [0.15, 0.2) is 11.6 Å². The Morgan fingerprint density at radius 1 is 1.26 bits per heavy atom. The van der Waals surface area contributed by atoms with Gasteiger partial charge in [-0.1, -0.05) is 27.5 Å². The fourth-order valence-corrected chi connectivity index (χ4v) is 2.20. The number of hydrogen-bond acceptors (Lipinski definition) is 3. The monoisotopic (exact) mass is 368 g/mol. The zero-order valence-corrected chi connectivity index (χ0v) is 12.2. The summed E-state index contributed by atoms with van der Waals surface area (Å²) in [7, 11) is 0. The van der Waals surface area contributed by atoms with Crippen LogP contribution in [0.1, 0.15) is 5.56 Å². The van der Waals surface area contributed by atoms with Gasteiger partial charge in [-0.15, -0.1) is 11.6 Å². The maximum absolute atomic E-state index is 13.6. The number of nitrogens with zero attached hydrogens (tertiary/aromatic N) is 2. The molecule has 0 saturated heterocycles. The molecule has 0 atom stereocenters. The quantitative estimate of drug-likeness (QED) is 0.446. The summed E-state index contributed by atoms with van der Waals surface area (Å²) in [5.41, 5.74) is 0.297. The van der Waals surface area contributed by atoms with Crippen LogP contribution >= 0.6 is 39.1 Å². The van der Waals surface area contributed by atoms with Gasteiger partial charge in [-0.3, -0.25) is 0 Å². The second-order valence-electron chi connectivity index (χ2n) is 3.38. The van der Waals surface area contributed by atoms with Gasteiger partial charge in [0.2, 0.25) is 11.7 Å². The molecule has 8 heteroatoms.